The smallest absolute Gasteiger partial charge is 0.415 e. The minimum Gasteiger partial charge on any atom is -0.508 e. The molecule has 0 aromatic heterocycles. The molecule has 0 aliphatic rings. The molecule has 432 valence electrons. The van der Waals surface area contributed by atoms with Gasteiger partial charge in [0.25, 0.3) is 0 Å². The summed E-state index contributed by atoms with van der Waals surface area (Å²) in [6.07, 6.45) is 8.56. The van der Waals surface area contributed by atoms with Crippen LogP contribution in [0, 0.1) is 0 Å². The highest BCUT2D eigenvalue weighted by atomic mass is 16.6. The van der Waals surface area contributed by atoms with Crippen molar-refractivity contribution in [2.45, 2.75) is 182 Å². The highest BCUT2D eigenvalue weighted by molar-refractivity contribution is 5.72. The normalized spacial score (nSPS) is 12.7. The fourth-order valence-electron chi connectivity index (χ4n) is 11.3. The summed E-state index contributed by atoms with van der Waals surface area (Å²) in [5, 5.41) is 11.2. The summed E-state index contributed by atoms with van der Waals surface area (Å²) in [7, 11) is 0. The molecule has 1 amide bonds. The van der Waals surface area contributed by atoms with Gasteiger partial charge in [-0.2, -0.15) is 0 Å². The van der Waals surface area contributed by atoms with Crippen molar-refractivity contribution in [2.24, 2.45) is 5.73 Å². The highest BCUT2D eigenvalue weighted by Crippen LogP contribution is 2.38. The summed E-state index contributed by atoms with van der Waals surface area (Å²) < 4.78 is 19.0. The van der Waals surface area contributed by atoms with Crippen molar-refractivity contribution in [3.63, 3.8) is 0 Å². The average molecular weight is 1090 g/mol. The Bertz CT molecular complexity index is 2700. The summed E-state index contributed by atoms with van der Waals surface area (Å²) in [6, 6.07) is 52.2. The van der Waals surface area contributed by atoms with Crippen LogP contribution < -0.4 is 19.9 Å². The SMILES string of the molecule is CC(C)N(CC[C@H](c1ccccc1)c1cc(CCCCOc2ccc(CCN(C(=O)Oc3ccc(CCCCOc4ccc(CCN)cc4)cc3[C@H](CCN(C(C)C)C(C)C)c3ccccc3)C(C)(C)C)cc2)ccc1O)C(C)C. The molecule has 0 heterocycles. The lowest BCUT2D eigenvalue weighted by atomic mass is 9.86. The van der Waals surface area contributed by atoms with Crippen molar-refractivity contribution in [1.82, 2.24) is 14.7 Å². The number of nitrogens with two attached hydrogens (primary N) is 1. The number of carbonyl (C=O) groups excluding carboxylic acids is 1. The second-order valence-corrected chi connectivity index (χ2v) is 24.0. The predicted molar refractivity (Wildman–Crippen MR) is 333 cm³/mol. The lowest BCUT2D eigenvalue weighted by Crippen LogP contribution is -2.48. The molecule has 9 nitrogen and oxygen atoms in total. The number of unbranched alkanes of at least 4 members (excludes halogenated alkanes) is 2. The van der Waals surface area contributed by atoms with E-state index >= 15 is 0 Å². The largest absolute Gasteiger partial charge is 0.508 e. The third kappa shape index (κ3) is 19.6. The maximum atomic E-state index is 14.6. The zero-order chi connectivity index (χ0) is 57.6. The predicted octanol–water partition coefficient (Wildman–Crippen LogP) is 15.8. The number of rotatable bonds is 32. The van der Waals surface area contributed by atoms with Gasteiger partial charge in [-0.1, -0.05) is 109 Å². The van der Waals surface area contributed by atoms with E-state index < -0.39 is 5.54 Å². The Hall–Kier alpha value is -6.13. The van der Waals surface area contributed by atoms with Gasteiger partial charge in [-0.3, -0.25) is 9.80 Å². The second-order valence-electron chi connectivity index (χ2n) is 24.0. The van der Waals surface area contributed by atoms with Crippen LogP contribution in [0.3, 0.4) is 0 Å². The van der Waals surface area contributed by atoms with Crippen LogP contribution in [-0.4, -0.2) is 95.0 Å². The molecule has 3 N–H and O–H groups in total. The molecule has 6 aromatic rings. The maximum absolute atomic E-state index is 14.6. The average Bonchev–Trinajstić information content (AvgIpc) is 3.46. The number of phenolic OH excluding ortho intramolecular Hbond substituents is 1. The van der Waals surface area contributed by atoms with Gasteiger partial charge >= 0.3 is 6.09 Å². The van der Waals surface area contributed by atoms with Gasteiger partial charge in [0, 0.05) is 59.2 Å². The minimum atomic E-state index is -0.489. The number of ether oxygens (including phenoxy) is 3. The Morgan fingerprint density at radius 2 is 0.925 bits per heavy atom. The van der Waals surface area contributed by atoms with Crippen LogP contribution in [0.1, 0.15) is 171 Å². The van der Waals surface area contributed by atoms with Crippen molar-refractivity contribution in [3.8, 4) is 23.0 Å². The lowest BCUT2D eigenvalue weighted by Gasteiger charge is -2.35. The first kappa shape index (κ1) is 63.1. The molecule has 80 heavy (non-hydrogen) atoms. The Morgan fingerprint density at radius 3 is 1.38 bits per heavy atom. The fraction of sp³-hybridized carbons (Fsp3) is 0.479. The summed E-state index contributed by atoms with van der Waals surface area (Å²) in [5.41, 5.74) is 14.5. The van der Waals surface area contributed by atoms with Gasteiger partial charge in [0.1, 0.15) is 23.0 Å². The molecular formula is C71H98N4O5. The number of benzene rings is 6. The summed E-state index contributed by atoms with van der Waals surface area (Å²) in [5.74, 6) is 2.81. The summed E-state index contributed by atoms with van der Waals surface area (Å²) in [4.78, 5) is 21.5. The molecule has 0 aliphatic carbocycles. The van der Waals surface area contributed by atoms with Gasteiger partial charge in [-0.05, 0) is 230 Å². The zero-order valence-electron chi connectivity index (χ0n) is 50.6. The molecule has 0 radical (unpaired) electrons. The molecule has 0 saturated heterocycles. The monoisotopic (exact) mass is 1090 g/mol. The van der Waals surface area contributed by atoms with E-state index in [1.54, 1.807) is 0 Å². The van der Waals surface area contributed by atoms with Gasteiger partial charge in [0.2, 0.25) is 0 Å². The Balaban J connectivity index is 1.08. The van der Waals surface area contributed by atoms with Crippen LogP contribution in [0.5, 0.6) is 23.0 Å². The summed E-state index contributed by atoms with van der Waals surface area (Å²) in [6.45, 7) is 28.6. The van der Waals surface area contributed by atoms with Gasteiger partial charge in [0.15, 0.2) is 0 Å². The Morgan fingerprint density at radius 1 is 0.500 bits per heavy atom. The van der Waals surface area contributed by atoms with E-state index in [9.17, 15) is 9.90 Å². The molecule has 0 fully saturated rings. The Labute approximate surface area is 482 Å². The quantitative estimate of drug-likeness (QED) is 0.0403. The van der Waals surface area contributed by atoms with Crippen LogP contribution in [-0.2, 0) is 25.7 Å². The topological polar surface area (TPSA) is 101 Å². The number of hydrogen-bond acceptors (Lipinski definition) is 8. The molecule has 2 atom stereocenters. The molecule has 0 aliphatic heterocycles. The molecule has 0 unspecified atom stereocenters. The van der Waals surface area contributed by atoms with Crippen LogP contribution in [0.4, 0.5) is 4.79 Å². The van der Waals surface area contributed by atoms with Crippen molar-refractivity contribution in [3.05, 3.63) is 190 Å². The first-order valence-corrected chi connectivity index (χ1v) is 30.1. The third-order valence-electron chi connectivity index (χ3n) is 15.7. The van der Waals surface area contributed by atoms with Crippen molar-refractivity contribution in [1.29, 1.82) is 0 Å². The number of carbonyl (C=O) groups is 1. The number of nitrogens with zero attached hydrogens (tertiary/aromatic N) is 3. The van der Waals surface area contributed by atoms with E-state index in [0.29, 0.717) is 68.4 Å². The number of phenols is 1. The van der Waals surface area contributed by atoms with Crippen LogP contribution in [0.25, 0.3) is 0 Å². The number of aryl methyl sites for hydroxylation is 2. The molecule has 0 spiro atoms. The van der Waals surface area contributed by atoms with Crippen molar-refractivity contribution < 1.29 is 24.1 Å². The van der Waals surface area contributed by atoms with E-state index in [1.165, 1.54) is 27.8 Å². The first-order chi connectivity index (χ1) is 38.4. The van der Waals surface area contributed by atoms with Gasteiger partial charge in [-0.25, -0.2) is 4.79 Å². The number of amides is 1. The Kier molecular flexibility index (Phi) is 25.0. The molecular weight excluding hydrogens is 989 g/mol. The van der Waals surface area contributed by atoms with Crippen LogP contribution >= 0.6 is 0 Å². The number of aromatic hydroxyl groups is 1. The highest BCUT2D eigenvalue weighted by Gasteiger charge is 2.30. The molecule has 6 rings (SSSR count). The maximum Gasteiger partial charge on any atom is 0.415 e. The van der Waals surface area contributed by atoms with Gasteiger partial charge in [-0.15, -0.1) is 0 Å². The summed E-state index contributed by atoms with van der Waals surface area (Å²) >= 11 is 0. The molecule has 0 saturated carbocycles. The van der Waals surface area contributed by atoms with Gasteiger partial charge < -0.3 is 30.0 Å². The first-order valence-electron chi connectivity index (χ1n) is 30.1. The minimum absolute atomic E-state index is 0.0140. The zero-order valence-corrected chi connectivity index (χ0v) is 50.6. The van der Waals surface area contributed by atoms with Crippen LogP contribution in [0.2, 0.25) is 0 Å². The molecule has 9 heteroatoms. The third-order valence-corrected chi connectivity index (χ3v) is 15.7. The second kappa shape index (κ2) is 31.8. The van der Waals surface area contributed by atoms with E-state index in [-0.39, 0.29) is 17.9 Å². The van der Waals surface area contributed by atoms with Crippen molar-refractivity contribution in [2.75, 3.05) is 39.4 Å². The fourth-order valence-corrected chi connectivity index (χ4v) is 11.3. The van der Waals surface area contributed by atoms with E-state index in [1.807, 2.05) is 41.3 Å². The van der Waals surface area contributed by atoms with Crippen LogP contribution in [0.15, 0.2) is 146 Å². The number of hydrogen-bond donors (Lipinski definition) is 2. The van der Waals surface area contributed by atoms with E-state index in [0.717, 1.165) is 99.1 Å². The lowest BCUT2D eigenvalue weighted by molar-refractivity contribution is 0.107. The van der Waals surface area contributed by atoms with Crippen molar-refractivity contribution >= 4 is 6.09 Å². The molecule has 6 aromatic carbocycles. The van der Waals surface area contributed by atoms with E-state index in [4.69, 9.17) is 19.9 Å². The standard InChI is InChI=1S/C71H98N4O5/c1-52(2)73(53(3)4)45-42-64(60-24-14-12-15-25-60)66-50-58(32-38-68(66)76)22-18-20-48-79-63-36-30-57(31-37-63)41-47-75(71(9,10)11)70(77)80-69-39-33-59(23-19-21-49-78-62-34-28-56(29-35-62)40-44-72)51-67(69)65(61-26-16-13-17-27-61)43-46-74(54(5)6)55(7)8/h12-17,24-39,50-55,64-65,76H,18-23,40-49,72H2,1-11H3/t64-,65-/m1/s1. The molecule has 0 bridgehead atoms. The van der Waals surface area contributed by atoms with Gasteiger partial charge in [0.05, 0.1) is 13.2 Å². The van der Waals surface area contributed by atoms with E-state index in [2.05, 4.69) is 195 Å².